The topological polar surface area (TPSA) is 35.5 Å². The quantitative estimate of drug-likeness (QED) is 0.0664. The minimum Gasteiger partial charge on any atom is -0.494 e. The third kappa shape index (κ3) is 16.4. The molecule has 3 nitrogen and oxygen atoms in total. The Kier molecular flexibility index (Phi) is 18.5. The third-order valence-corrected chi connectivity index (χ3v) is 6.97. The first kappa shape index (κ1) is 31.7. The number of alkyl halides is 1. The zero-order valence-corrected chi connectivity index (χ0v) is 24.8. The van der Waals surface area contributed by atoms with Gasteiger partial charge in [-0.1, -0.05) is 99.0 Å². The van der Waals surface area contributed by atoms with Gasteiger partial charge in [0.15, 0.2) is 0 Å². The van der Waals surface area contributed by atoms with E-state index < -0.39 is 4.32 Å². The Hall–Kier alpha value is -0.330. The lowest BCUT2D eigenvalue weighted by molar-refractivity contribution is -0.145. The van der Waals surface area contributed by atoms with Crippen molar-refractivity contribution in [3.05, 3.63) is 29.3 Å². The number of thiol groups is 2. The van der Waals surface area contributed by atoms with Crippen LogP contribution in [0.1, 0.15) is 115 Å². The highest BCUT2D eigenvalue weighted by atomic mass is 79.9. The average Bonchev–Trinajstić information content (AvgIpc) is 2.82. The van der Waals surface area contributed by atoms with Crippen molar-refractivity contribution in [2.75, 3.05) is 13.2 Å². The molecule has 0 radical (unpaired) electrons. The van der Waals surface area contributed by atoms with Crippen molar-refractivity contribution >= 4 is 47.2 Å². The largest absolute Gasteiger partial charge is 0.494 e. The van der Waals surface area contributed by atoms with Crippen LogP contribution in [0, 0.1) is 0 Å². The number of unbranched alkanes of at least 4 members (excludes halogenated alkanes) is 13. The molecule has 0 heterocycles. The van der Waals surface area contributed by atoms with Gasteiger partial charge in [0.25, 0.3) is 0 Å². The van der Waals surface area contributed by atoms with Gasteiger partial charge in [0, 0.05) is 11.5 Å². The van der Waals surface area contributed by atoms with E-state index in [-0.39, 0.29) is 5.97 Å². The van der Waals surface area contributed by atoms with Gasteiger partial charge in [-0.25, -0.2) is 0 Å². The number of halogens is 1. The average molecular weight is 576 g/mol. The fraction of sp³-hybridized carbons (Fsp3) is 0.750. The Balaban J connectivity index is 1.83. The molecule has 0 aliphatic carbocycles. The summed E-state index contributed by atoms with van der Waals surface area (Å²) in [5.41, 5.74) is 2.39. The minimum atomic E-state index is -0.571. The highest BCUT2D eigenvalue weighted by Crippen LogP contribution is 2.21. The molecule has 0 amide bonds. The molecule has 0 spiro atoms. The third-order valence-electron chi connectivity index (χ3n) is 5.92. The van der Waals surface area contributed by atoms with Gasteiger partial charge >= 0.3 is 5.97 Å². The van der Waals surface area contributed by atoms with Crippen LogP contribution in [-0.4, -0.2) is 23.5 Å². The molecule has 0 atom stereocenters. The van der Waals surface area contributed by atoms with Crippen LogP contribution in [0.15, 0.2) is 18.2 Å². The first-order chi connectivity index (χ1) is 16.4. The van der Waals surface area contributed by atoms with E-state index >= 15 is 0 Å². The summed E-state index contributed by atoms with van der Waals surface area (Å²) in [5.74, 6) is 2.25. The van der Waals surface area contributed by atoms with Crippen LogP contribution < -0.4 is 4.74 Å². The van der Waals surface area contributed by atoms with Gasteiger partial charge in [-0.2, -0.15) is 25.3 Å². The van der Waals surface area contributed by atoms with Crippen molar-refractivity contribution in [1.29, 1.82) is 0 Å². The summed E-state index contributed by atoms with van der Waals surface area (Å²) in [6.45, 7) is 4.97. The predicted octanol–water partition coefficient (Wildman–Crippen LogP) is 9.10. The smallest absolute Gasteiger partial charge is 0.322 e. The second-order valence-corrected chi connectivity index (χ2v) is 12.3. The Morgan fingerprint density at radius 3 is 1.47 bits per heavy atom. The van der Waals surface area contributed by atoms with E-state index in [2.05, 4.69) is 59.4 Å². The van der Waals surface area contributed by atoms with Gasteiger partial charge in [-0.15, -0.1) is 0 Å². The summed E-state index contributed by atoms with van der Waals surface area (Å²) in [7, 11) is 0. The van der Waals surface area contributed by atoms with E-state index in [4.69, 9.17) is 9.47 Å². The maximum atomic E-state index is 11.6. The molecule has 0 N–H and O–H groups in total. The number of carbonyl (C=O) groups is 1. The highest BCUT2D eigenvalue weighted by molar-refractivity contribution is 9.10. The molecule has 0 saturated heterocycles. The van der Waals surface area contributed by atoms with Crippen molar-refractivity contribution < 1.29 is 14.3 Å². The standard InChI is InChI=1S/C28H47BrO3S2/c1-28(2,29)27(30)32-18-16-14-12-10-8-6-4-3-5-7-9-11-13-15-17-31-26-20-24(22-33)19-25(21-26)23-34/h19-21,33-34H,3-18,22-23H2,1-2H3. The lowest BCUT2D eigenvalue weighted by Crippen LogP contribution is -2.26. The highest BCUT2D eigenvalue weighted by Gasteiger charge is 2.24. The fourth-order valence-electron chi connectivity index (χ4n) is 3.85. The molecule has 1 aromatic carbocycles. The van der Waals surface area contributed by atoms with Gasteiger partial charge < -0.3 is 9.47 Å². The summed E-state index contributed by atoms with van der Waals surface area (Å²) in [6.07, 6.45) is 17.9. The minimum absolute atomic E-state index is 0.170. The molecular formula is C28H47BrO3S2. The summed E-state index contributed by atoms with van der Waals surface area (Å²) >= 11 is 12.1. The Morgan fingerprint density at radius 2 is 1.09 bits per heavy atom. The maximum Gasteiger partial charge on any atom is 0.322 e. The fourth-order valence-corrected chi connectivity index (χ4v) is 4.33. The van der Waals surface area contributed by atoms with Crippen molar-refractivity contribution in [3.63, 3.8) is 0 Å². The van der Waals surface area contributed by atoms with Crippen LogP contribution in [0.5, 0.6) is 5.75 Å². The number of esters is 1. The van der Waals surface area contributed by atoms with Gasteiger partial charge in [0.1, 0.15) is 10.1 Å². The molecule has 0 aliphatic heterocycles. The molecule has 0 aliphatic rings. The summed E-state index contributed by atoms with van der Waals surface area (Å²) in [6, 6.07) is 6.32. The molecule has 0 aromatic heterocycles. The van der Waals surface area contributed by atoms with E-state index in [1.165, 1.54) is 81.8 Å². The van der Waals surface area contributed by atoms with E-state index in [9.17, 15) is 4.79 Å². The Labute approximate surface area is 228 Å². The molecule has 0 bridgehead atoms. The van der Waals surface area contributed by atoms with Crippen LogP contribution in [0.4, 0.5) is 0 Å². The number of carbonyl (C=O) groups excluding carboxylic acids is 1. The van der Waals surface area contributed by atoms with Crippen LogP contribution >= 0.6 is 41.2 Å². The number of rotatable bonds is 21. The Bertz CT molecular complexity index is 639. The monoisotopic (exact) mass is 574 g/mol. The number of hydrogen-bond donors (Lipinski definition) is 2. The van der Waals surface area contributed by atoms with E-state index in [0.29, 0.717) is 6.61 Å². The second-order valence-electron chi connectivity index (χ2n) is 9.71. The van der Waals surface area contributed by atoms with Crippen LogP contribution in [0.3, 0.4) is 0 Å². The van der Waals surface area contributed by atoms with E-state index in [1.807, 2.05) is 13.8 Å². The van der Waals surface area contributed by atoms with Gasteiger partial charge in [0.2, 0.25) is 0 Å². The van der Waals surface area contributed by atoms with Gasteiger partial charge in [-0.05, 0) is 49.9 Å². The lowest BCUT2D eigenvalue weighted by Gasteiger charge is -2.14. The molecule has 0 saturated carbocycles. The number of hydrogen-bond acceptors (Lipinski definition) is 5. The zero-order valence-electron chi connectivity index (χ0n) is 21.5. The molecule has 0 fully saturated rings. The Morgan fingerprint density at radius 1 is 0.706 bits per heavy atom. The maximum absolute atomic E-state index is 11.6. The molecule has 0 unspecified atom stereocenters. The van der Waals surface area contributed by atoms with Crippen molar-refractivity contribution in [3.8, 4) is 5.75 Å². The summed E-state index contributed by atoms with van der Waals surface area (Å²) in [4.78, 5) is 11.6. The van der Waals surface area contributed by atoms with Crippen LogP contribution in [0.25, 0.3) is 0 Å². The second kappa shape index (κ2) is 19.8. The predicted molar refractivity (Wildman–Crippen MR) is 156 cm³/mol. The number of ether oxygens (including phenoxy) is 2. The first-order valence-electron chi connectivity index (χ1n) is 13.2. The van der Waals surface area contributed by atoms with Gasteiger partial charge in [-0.3, -0.25) is 4.79 Å². The van der Waals surface area contributed by atoms with Crippen molar-refractivity contribution in [2.45, 2.75) is 120 Å². The van der Waals surface area contributed by atoms with Crippen LogP contribution in [-0.2, 0) is 21.0 Å². The molecule has 1 aromatic rings. The van der Waals surface area contributed by atoms with Crippen molar-refractivity contribution in [1.82, 2.24) is 0 Å². The molecule has 6 heteroatoms. The molecule has 196 valence electrons. The van der Waals surface area contributed by atoms with E-state index in [1.54, 1.807) is 0 Å². The molecule has 34 heavy (non-hydrogen) atoms. The lowest BCUT2D eigenvalue weighted by atomic mass is 10.0. The number of benzene rings is 1. The zero-order chi connectivity index (χ0) is 25.1. The van der Waals surface area contributed by atoms with Crippen LogP contribution in [0.2, 0.25) is 0 Å². The van der Waals surface area contributed by atoms with E-state index in [0.717, 1.165) is 43.1 Å². The SMILES string of the molecule is CC(C)(Br)C(=O)OCCCCCCCCCCCCCCCCOc1cc(CS)cc(CS)c1. The normalized spacial score (nSPS) is 11.6. The van der Waals surface area contributed by atoms with Gasteiger partial charge in [0.05, 0.1) is 13.2 Å². The summed E-state index contributed by atoms with van der Waals surface area (Å²) in [5, 5.41) is 0. The summed E-state index contributed by atoms with van der Waals surface area (Å²) < 4.78 is 10.6. The first-order valence-corrected chi connectivity index (χ1v) is 15.3. The molecule has 1 rings (SSSR count). The molecular weight excluding hydrogens is 528 g/mol. The van der Waals surface area contributed by atoms with Crippen molar-refractivity contribution in [2.24, 2.45) is 0 Å².